The van der Waals surface area contributed by atoms with Crippen molar-refractivity contribution >= 4 is 23.2 Å². The van der Waals surface area contributed by atoms with Crippen LogP contribution in [0.5, 0.6) is 0 Å². The van der Waals surface area contributed by atoms with Gasteiger partial charge in [0.2, 0.25) is 0 Å². The normalized spacial score (nSPS) is 10.0. The zero-order valence-electron chi connectivity index (χ0n) is 8.52. The number of halogens is 2. The largest absolute Gasteiger partial charge is 0.320 e. The predicted octanol–water partition coefficient (Wildman–Crippen LogP) is 2.52. The molecule has 86 valence electrons. The van der Waals surface area contributed by atoms with Crippen LogP contribution in [0.15, 0.2) is 36.4 Å². The molecule has 0 saturated carbocycles. The van der Waals surface area contributed by atoms with Crippen LogP contribution in [0, 0.1) is 5.82 Å². The fourth-order valence-corrected chi connectivity index (χ4v) is 1.30. The highest BCUT2D eigenvalue weighted by molar-refractivity contribution is 6.29. The first-order valence-corrected chi connectivity index (χ1v) is 5.09. The number of rotatable bonds is 2. The molecule has 4 nitrogen and oxygen atoms in total. The number of benzene rings is 1. The molecule has 6 heteroatoms. The van der Waals surface area contributed by atoms with Gasteiger partial charge in [-0.15, -0.1) is 10.2 Å². The number of aromatic nitrogens is 2. The molecule has 1 N–H and O–H groups in total. The molecule has 0 spiro atoms. The van der Waals surface area contributed by atoms with Gasteiger partial charge in [-0.2, -0.15) is 0 Å². The van der Waals surface area contributed by atoms with Gasteiger partial charge < -0.3 is 5.32 Å². The lowest BCUT2D eigenvalue weighted by molar-refractivity contribution is 0.102. The second-order valence-electron chi connectivity index (χ2n) is 3.21. The summed E-state index contributed by atoms with van der Waals surface area (Å²) in [6.45, 7) is 0. The van der Waals surface area contributed by atoms with Crippen LogP contribution in [0.2, 0.25) is 5.15 Å². The van der Waals surface area contributed by atoms with E-state index in [2.05, 4.69) is 15.5 Å². The zero-order valence-corrected chi connectivity index (χ0v) is 9.28. The van der Waals surface area contributed by atoms with E-state index in [0.717, 1.165) is 0 Å². The Kier molecular flexibility index (Phi) is 3.30. The summed E-state index contributed by atoms with van der Waals surface area (Å²) in [4.78, 5) is 11.7. The molecule has 0 unspecified atom stereocenters. The number of nitrogens with one attached hydrogen (secondary N) is 1. The Morgan fingerprint density at radius 3 is 2.71 bits per heavy atom. The maximum absolute atomic E-state index is 12.9. The Bertz CT molecular complexity index is 545. The summed E-state index contributed by atoms with van der Waals surface area (Å²) >= 11 is 5.54. The van der Waals surface area contributed by atoms with Crippen molar-refractivity contribution in [1.29, 1.82) is 0 Å². The lowest BCUT2D eigenvalue weighted by Gasteiger charge is -2.03. The molecular weight excluding hydrogens is 245 g/mol. The molecule has 0 aliphatic carbocycles. The Hall–Kier alpha value is -2.01. The standard InChI is InChI=1S/C11H7ClFN3O/c12-10-5-4-9(15-16-10)11(17)14-8-3-1-2-7(13)6-8/h1-6H,(H,14,17). The third-order valence-corrected chi connectivity index (χ3v) is 2.15. The maximum Gasteiger partial charge on any atom is 0.276 e. The lowest BCUT2D eigenvalue weighted by Crippen LogP contribution is -2.14. The Morgan fingerprint density at radius 2 is 2.06 bits per heavy atom. The van der Waals surface area contributed by atoms with Crippen molar-refractivity contribution in [2.24, 2.45) is 0 Å². The average Bonchev–Trinajstić information content (AvgIpc) is 2.29. The number of anilines is 1. The summed E-state index contributed by atoms with van der Waals surface area (Å²) in [5.41, 5.74) is 0.463. The minimum atomic E-state index is -0.472. The van der Waals surface area contributed by atoms with Crippen LogP contribution in [0.25, 0.3) is 0 Å². The van der Waals surface area contributed by atoms with E-state index >= 15 is 0 Å². The fourth-order valence-electron chi connectivity index (χ4n) is 1.20. The van der Waals surface area contributed by atoms with Gasteiger partial charge >= 0.3 is 0 Å². The van der Waals surface area contributed by atoms with Gasteiger partial charge in [-0.25, -0.2) is 4.39 Å². The van der Waals surface area contributed by atoms with Crippen molar-refractivity contribution in [2.45, 2.75) is 0 Å². The van der Waals surface area contributed by atoms with Crippen molar-refractivity contribution in [3.8, 4) is 0 Å². The van der Waals surface area contributed by atoms with E-state index < -0.39 is 11.7 Å². The van der Waals surface area contributed by atoms with Crippen LogP contribution in [0.3, 0.4) is 0 Å². The first-order valence-electron chi connectivity index (χ1n) is 4.71. The Morgan fingerprint density at radius 1 is 1.24 bits per heavy atom. The van der Waals surface area contributed by atoms with Crippen LogP contribution in [0.1, 0.15) is 10.5 Å². The van der Waals surface area contributed by atoms with E-state index in [-0.39, 0.29) is 10.8 Å². The molecular formula is C11H7ClFN3O. The van der Waals surface area contributed by atoms with Crippen LogP contribution < -0.4 is 5.32 Å². The molecule has 1 aromatic heterocycles. The lowest BCUT2D eigenvalue weighted by atomic mass is 10.3. The summed E-state index contributed by atoms with van der Waals surface area (Å²) < 4.78 is 12.9. The van der Waals surface area contributed by atoms with Gasteiger partial charge in [0.1, 0.15) is 5.82 Å². The minimum Gasteiger partial charge on any atom is -0.320 e. The Balaban J connectivity index is 2.14. The topological polar surface area (TPSA) is 54.9 Å². The van der Waals surface area contributed by atoms with Gasteiger partial charge in [0, 0.05) is 5.69 Å². The molecule has 0 saturated heterocycles. The average molecular weight is 252 g/mol. The quantitative estimate of drug-likeness (QED) is 0.892. The van der Waals surface area contributed by atoms with E-state index in [0.29, 0.717) is 5.69 Å². The molecule has 1 heterocycles. The van der Waals surface area contributed by atoms with Crippen LogP contribution in [-0.4, -0.2) is 16.1 Å². The highest BCUT2D eigenvalue weighted by Crippen LogP contribution is 2.10. The van der Waals surface area contributed by atoms with Crippen molar-refractivity contribution in [3.63, 3.8) is 0 Å². The first-order chi connectivity index (χ1) is 8.15. The number of nitrogens with zero attached hydrogens (tertiary/aromatic N) is 2. The second-order valence-corrected chi connectivity index (χ2v) is 3.59. The van der Waals surface area contributed by atoms with Crippen molar-refractivity contribution in [1.82, 2.24) is 10.2 Å². The van der Waals surface area contributed by atoms with E-state index in [1.807, 2.05) is 0 Å². The third kappa shape index (κ3) is 2.98. The van der Waals surface area contributed by atoms with Gasteiger partial charge in [-0.3, -0.25) is 4.79 Å². The SMILES string of the molecule is O=C(Nc1cccc(F)c1)c1ccc(Cl)nn1. The number of amides is 1. The number of carbonyl (C=O) groups is 1. The smallest absolute Gasteiger partial charge is 0.276 e. The monoisotopic (exact) mass is 251 g/mol. The first kappa shape index (κ1) is 11.5. The summed E-state index contributed by atoms with van der Waals surface area (Å²) in [6.07, 6.45) is 0. The van der Waals surface area contributed by atoms with Gasteiger partial charge in [0.25, 0.3) is 5.91 Å². The second kappa shape index (κ2) is 4.88. The molecule has 0 aliphatic heterocycles. The van der Waals surface area contributed by atoms with Crippen molar-refractivity contribution < 1.29 is 9.18 Å². The van der Waals surface area contributed by atoms with Gasteiger partial charge in [-0.05, 0) is 30.3 Å². The van der Waals surface area contributed by atoms with Crippen LogP contribution in [0.4, 0.5) is 10.1 Å². The molecule has 2 rings (SSSR count). The zero-order chi connectivity index (χ0) is 12.3. The van der Waals surface area contributed by atoms with Crippen LogP contribution >= 0.6 is 11.6 Å². The predicted molar refractivity (Wildman–Crippen MR) is 61.4 cm³/mol. The van der Waals surface area contributed by atoms with E-state index in [1.165, 1.54) is 30.3 Å². The van der Waals surface area contributed by atoms with Gasteiger partial charge in [0.15, 0.2) is 10.8 Å². The summed E-state index contributed by atoms with van der Waals surface area (Å²) in [6, 6.07) is 8.46. The number of carbonyl (C=O) groups excluding carboxylic acids is 1. The molecule has 0 fully saturated rings. The molecule has 1 amide bonds. The molecule has 0 radical (unpaired) electrons. The summed E-state index contributed by atoms with van der Waals surface area (Å²) in [5, 5.41) is 9.84. The summed E-state index contributed by atoms with van der Waals surface area (Å²) in [7, 11) is 0. The summed E-state index contributed by atoms with van der Waals surface area (Å²) in [5.74, 6) is -0.898. The number of hydrogen-bond donors (Lipinski definition) is 1. The third-order valence-electron chi connectivity index (χ3n) is 1.95. The maximum atomic E-state index is 12.9. The van der Waals surface area contributed by atoms with E-state index in [4.69, 9.17) is 11.6 Å². The fraction of sp³-hybridized carbons (Fsp3) is 0. The number of hydrogen-bond acceptors (Lipinski definition) is 3. The molecule has 17 heavy (non-hydrogen) atoms. The molecule has 1 aromatic carbocycles. The van der Waals surface area contributed by atoms with Gasteiger partial charge in [-0.1, -0.05) is 17.7 Å². The molecule has 0 aliphatic rings. The van der Waals surface area contributed by atoms with E-state index in [9.17, 15) is 9.18 Å². The minimum absolute atomic E-state index is 0.110. The van der Waals surface area contributed by atoms with Crippen molar-refractivity contribution in [3.05, 3.63) is 53.1 Å². The Labute approximate surface area is 101 Å². The highest BCUT2D eigenvalue weighted by atomic mass is 35.5. The molecule has 0 bridgehead atoms. The van der Waals surface area contributed by atoms with Crippen molar-refractivity contribution in [2.75, 3.05) is 5.32 Å². The highest BCUT2D eigenvalue weighted by Gasteiger charge is 2.08. The molecule has 0 atom stereocenters. The molecule has 2 aromatic rings. The van der Waals surface area contributed by atoms with E-state index in [1.54, 1.807) is 6.07 Å². The van der Waals surface area contributed by atoms with Crippen LogP contribution in [-0.2, 0) is 0 Å². The van der Waals surface area contributed by atoms with Gasteiger partial charge in [0.05, 0.1) is 0 Å².